The van der Waals surface area contributed by atoms with Crippen LogP contribution in [0.25, 0.3) is 0 Å². The number of hydrogen-bond acceptors (Lipinski definition) is 5. The molecule has 0 fully saturated rings. The van der Waals surface area contributed by atoms with Crippen molar-refractivity contribution in [2.75, 3.05) is 13.7 Å². The van der Waals surface area contributed by atoms with Crippen LogP contribution in [0.2, 0.25) is 0 Å². The number of ether oxygens (including phenoxy) is 2. The number of hydrogen-bond donors (Lipinski definition) is 0. The van der Waals surface area contributed by atoms with Crippen molar-refractivity contribution in [3.63, 3.8) is 0 Å². The lowest BCUT2D eigenvalue weighted by Gasteiger charge is -2.11. The number of rotatable bonds is 5. The Morgan fingerprint density at radius 2 is 2.26 bits per heavy atom. The van der Waals surface area contributed by atoms with Crippen molar-refractivity contribution in [1.82, 2.24) is 4.98 Å². The standard InChI is InChI=1S/C12H12F2N2O3/c1-3-19-11(17)5-7-8(12(13)14)4-10(18-2)16-9(7)6-15/h4,12H,3,5H2,1-2H3. The topological polar surface area (TPSA) is 72.2 Å². The van der Waals surface area contributed by atoms with Gasteiger partial charge in [-0.15, -0.1) is 0 Å². The maximum atomic E-state index is 13.0. The molecule has 0 saturated heterocycles. The fourth-order valence-corrected chi connectivity index (χ4v) is 1.50. The second-order valence-corrected chi connectivity index (χ2v) is 3.48. The highest BCUT2D eigenvalue weighted by Gasteiger charge is 2.22. The van der Waals surface area contributed by atoms with Crippen LogP contribution in [0.4, 0.5) is 8.78 Å². The van der Waals surface area contributed by atoms with E-state index >= 15 is 0 Å². The number of nitriles is 1. The van der Waals surface area contributed by atoms with Gasteiger partial charge in [0.25, 0.3) is 6.43 Å². The van der Waals surface area contributed by atoms with Gasteiger partial charge in [-0.25, -0.2) is 13.8 Å². The monoisotopic (exact) mass is 270 g/mol. The molecular weight excluding hydrogens is 258 g/mol. The first-order valence-corrected chi connectivity index (χ1v) is 5.45. The zero-order valence-corrected chi connectivity index (χ0v) is 10.4. The number of methoxy groups -OCH3 is 1. The van der Waals surface area contributed by atoms with E-state index in [0.717, 1.165) is 6.07 Å². The van der Waals surface area contributed by atoms with Crippen LogP contribution in [0.3, 0.4) is 0 Å². The second-order valence-electron chi connectivity index (χ2n) is 3.48. The minimum atomic E-state index is -2.84. The van der Waals surface area contributed by atoms with Crippen molar-refractivity contribution < 1.29 is 23.0 Å². The molecule has 0 unspecified atom stereocenters. The molecule has 0 N–H and O–H groups in total. The van der Waals surface area contributed by atoms with Gasteiger partial charge >= 0.3 is 5.97 Å². The molecule has 0 amide bonds. The number of aromatic nitrogens is 1. The first-order valence-electron chi connectivity index (χ1n) is 5.45. The summed E-state index contributed by atoms with van der Waals surface area (Å²) < 4.78 is 35.3. The fraction of sp³-hybridized carbons (Fsp3) is 0.417. The fourth-order valence-electron chi connectivity index (χ4n) is 1.50. The number of esters is 1. The Morgan fingerprint density at radius 3 is 2.74 bits per heavy atom. The third kappa shape index (κ3) is 3.61. The molecule has 7 heteroatoms. The van der Waals surface area contributed by atoms with Crippen molar-refractivity contribution in [2.24, 2.45) is 0 Å². The van der Waals surface area contributed by atoms with E-state index in [9.17, 15) is 13.6 Å². The van der Waals surface area contributed by atoms with Gasteiger partial charge in [0.05, 0.1) is 20.1 Å². The average molecular weight is 270 g/mol. The van der Waals surface area contributed by atoms with Gasteiger partial charge in [0.2, 0.25) is 5.88 Å². The lowest BCUT2D eigenvalue weighted by Crippen LogP contribution is -2.12. The number of carbonyl (C=O) groups is 1. The molecule has 0 spiro atoms. The SMILES string of the molecule is CCOC(=O)Cc1c(C(F)F)cc(OC)nc1C#N. The molecule has 1 aromatic heterocycles. The summed E-state index contributed by atoms with van der Waals surface area (Å²) in [6.45, 7) is 1.73. The first-order chi connectivity index (χ1) is 9.03. The minimum absolute atomic E-state index is 0.0977. The predicted molar refractivity (Wildman–Crippen MR) is 60.8 cm³/mol. The van der Waals surface area contributed by atoms with E-state index in [1.54, 1.807) is 13.0 Å². The van der Waals surface area contributed by atoms with Gasteiger partial charge in [0.1, 0.15) is 11.8 Å². The Labute approximate surface area is 108 Å². The molecule has 19 heavy (non-hydrogen) atoms. The third-order valence-electron chi connectivity index (χ3n) is 2.31. The smallest absolute Gasteiger partial charge is 0.310 e. The molecule has 0 saturated carbocycles. The number of carbonyl (C=O) groups excluding carboxylic acids is 1. The lowest BCUT2D eigenvalue weighted by molar-refractivity contribution is -0.142. The van der Waals surface area contributed by atoms with E-state index in [1.165, 1.54) is 7.11 Å². The number of alkyl halides is 2. The predicted octanol–water partition coefficient (Wildman–Crippen LogP) is 2.01. The van der Waals surface area contributed by atoms with Crippen LogP contribution < -0.4 is 4.74 Å². The van der Waals surface area contributed by atoms with Crippen LogP contribution in [0.1, 0.15) is 30.2 Å². The molecule has 1 aromatic rings. The van der Waals surface area contributed by atoms with E-state index in [1.807, 2.05) is 0 Å². The van der Waals surface area contributed by atoms with Crippen molar-refractivity contribution in [2.45, 2.75) is 19.8 Å². The van der Waals surface area contributed by atoms with E-state index < -0.39 is 24.4 Å². The van der Waals surface area contributed by atoms with Gasteiger partial charge in [-0.1, -0.05) is 0 Å². The Bertz CT molecular complexity index is 512. The van der Waals surface area contributed by atoms with Gasteiger partial charge in [0, 0.05) is 17.2 Å². The molecular formula is C12H12F2N2O3. The average Bonchev–Trinajstić information content (AvgIpc) is 2.38. The van der Waals surface area contributed by atoms with Crippen molar-refractivity contribution in [3.05, 3.63) is 22.9 Å². The highest BCUT2D eigenvalue weighted by molar-refractivity contribution is 5.74. The summed E-state index contributed by atoms with van der Waals surface area (Å²) in [4.78, 5) is 15.1. The quantitative estimate of drug-likeness (QED) is 0.765. The van der Waals surface area contributed by atoms with E-state index in [2.05, 4.69) is 9.72 Å². The molecule has 0 radical (unpaired) electrons. The molecule has 0 bridgehead atoms. The van der Waals surface area contributed by atoms with Gasteiger partial charge in [-0.05, 0) is 6.92 Å². The molecule has 0 atom stereocenters. The zero-order chi connectivity index (χ0) is 14.4. The van der Waals surface area contributed by atoms with E-state index in [4.69, 9.17) is 10.00 Å². The summed E-state index contributed by atoms with van der Waals surface area (Å²) in [5.41, 5.74) is -0.837. The van der Waals surface area contributed by atoms with Gasteiger partial charge in [-0.2, -0.15) is 5.26 Å². The van der Waals surface area contributed by atoms with Crippen LogP contribution in [0.5, 0.6) is 5.88 Å². The number of nitrogens with zero attached hydrogens (tertiary/aromatic N) is 2. The van der Waals surface area contributed by atoms with E-state index in [0.29, 0.717) is 0 Å². The minimum Gasteiger partial charge on any atom is -0.481 e. The van der Waals surface area contributed by atoms with Crippen LogP contribution in [0.15, 0.2) is 6.07 Å². The highest BCUT2D eigenvalue weighted by Crippen LogP contribution is 2.28. The van der Waals surface area contributed by atoms with Crippen molar-refractivity contribution >= 4 is 5.97 Å². The number of halogens is 2. The van der Waals surface area contributed by atoms with Crippen LogP contribution in [-0.2, 0) is 16.0 Å². The third-order valence-corrected chi connectivity index (χ3v) is 2.31. The maximum absolute atomic E-state index is 13.0. The first kappa shape index (κ1) is 14.8. The highest BCUT2D eigenvalue weighted by atomic mass is 19.3. The summed E-state index contributed by atoms with van der Waals surface area (Å²) >= 11 is 0. The van der Waals surface area contributed by atoms with Gasteiger partial charge < -0.3 is 9.47 Å². The Morgan fingerprint density at radius 1 is 1.58 bits per heavy atom. The molecule has 0 aliphatic rings. The summed E-state index contributed by atoms with van der Waals surface area (Å²) in [5, 5.41) is 8.92. The summed E-state index contributed by atoms with van der Waals surface area (Å²) in [6, 6.07) is 2.69. The lowest BCUT2D eigenvalue weighted by atomic mass is 10.0. The largest absolute Gasteiger partial charge is 0.481 e. The maximum Gasteiger partial charge on any atom is 0.310 e. The molecule has 0 aromatic carbocycles. The van der Waals surface area contributed by atoms with Crippen molar-refractivity contribution in [3.8, 4) is 11.9 Å². The van der Waals surface area contributed by atoms with Crippen LogP contribution in [-0.4, -0.2) is 24.7 Å². The van der Waals surface area contributed by atoms with E-state index in [-0.39, 0.29) is 23.7 Å². The second kappa shape index (κ2) is 6.64. The Kier molecular flexibility index (Phi) is 5.18. The van der Waals surface area contributed by atoms with Gasteiger partial charge in [-0.3, -0.25) is 4.79 Å². The summed E-state index contributed by atoms with van der Waals surface area (Å²) in [6.07, 6.45) is -3.26. The Hall–Kier alpha value is -2.23. The molecule has 1 rings (SSSR count). The Balaban J connectivity index is 3.26. The van der Waals surface area contributed by atoms with Gasteiger partial charge in [0.15, 0.2) is 0 Å². The zero-order valence-electron chi connectivity index (χ0n) is 10.4. The molecule has 0 aliphatic heterocycles. The summed E-state index contributed by atoms with van der Waals surface area (Å²) in [5.74, 6) is -0.785. The molecule has 5 nitrogen and oxygen atoms in total. The molecule has 1 heterocycles. The van der Waals surface area contributed by atoms with Crippen LogP contribution in [0, 0.1) is 11.3 Å². The molecule has 102 valence electrons. The normalized spacial score (nSPS) is 10.1. The van der Waals surface area contributed by atoms with Crippen LogP contribution >= 0.6 is 0 Å². The molecule has 0 aliphatic carbocycles. The number of pyridine rings is 1. The van der Waals surface area contributed by atoms with Crippen molar-refractivity contribution in [1.29, 1.82) is 5.26 Å². The summed E-state index contributed by atoms with van der Waals surface area (Å²) in [7, 11) is 1.25.